The highest BCUT2D eigenvalue weighted by Crippen LogP contribution is 2.32. The number of urea groups is 1. The number of carbonyl (C=O) groups is 2. The minimum absolute atomic E-state index is 0.00490. The van der Waals surface area contributed by atoms with Crippen LogP contribution in [-0.4, -0.2) is 25.5 Å². The van der Waals surface area contributed by atoms with Crippen molar-refractivity contribution in [2.45, 2.75) is 11.1 Å². The smallest absolute Gasteiger partial charge is 0.416 e. The van der Waals surface area contributed by atoms with Gasteiger partial charge in [0.25, 0.3) is 10.0 Å². The van der Waals surface area contributed by atoms with E-state index in [0.29, 0.717) is 6.07 Å². The van der Waals surface area contributed by atoms with E-state index in [4.69, 9.17) is 10.8 Å². The van der Waals surface area contributed by atoms with Gasteiger partial charge in [-0.25, -0.2) is 18.0 Å². The van der Waals surface area contributed by atoms with Crippen LogP contribution in [0.2, 0.25) is 0 Å². The molecule has 0 bridgehead atoms. The second-order valence-electron chi connectivity index (χ2n) is 6.89. The number of carboxylic acid groups (broad SMARTS) is 1. The summed E-state index contributed by atoms with van der Waals surface area (Å²) in [6.45, 7) is 0. The topological polar surface area (TPSA) is 151 Å². The summed E-state index contributed by atoms with van der Waals surface area (Å²) >= 11 is 0. The number of anilines is 4. The minimum atomic E-state index is -4.58. The first-order valence-corrected chi connectivity index (χ1v) is 10.8. The van der Waals surface area contributed by atoms with Gasteiger partial charge in [-0.05, 0) is 66.7 Å². The van der Waals surface area contributed by atoms with E-state index >= 15 is 0 Å². The molecule has 9 nitrogen and oxygen atoms in total. The number of carboxylic acids is 1. The number of benzene rings is 3. The van der Waals surface area contributed by atoms with Crippen LogP contribution in [-0.2, 0) is 16.2 Å². The van der Waals surface area contributed by atoms with E-state index < -0.39 is 33.8 Å². The summed E-state index contributed by atoms with van der Waals surface area (Å²) < 4.78 is 65.4. The molecule has 0 aliphatic carbocycles. The first-order valence-electron chi connectivity index (χ1n) is 9.36. The maximum Gasteiger partial charge on any atom is 0.416 e. The molecule has 0 aliphatic rings. The Morgan fingerprint density at radius 2 is 1.44 bits per heavy atom. The van der Waals surface area contributed by atoms with Crippen molar-refractivity contribution < 1.29 is 36.3 Å². The third kappa shape index (κ3) is 5.95. The highest BCUT2D eigenvalue weighted by Gasteiger charge is 2.30. The van der Waals surface area contributed by atoms with E-state index in [9.17, 15) is 31.2 Å². The fraction of sp³-hybridized carbons (Fsp3) is 0.0476. The summed E-state index contributed by atoms with van der Waals surface area (Å²) in [6, 6.07) is 11.8. The first kappa shape index (κ1) is 24.4. The Balaban J connectivity index is 1.65. The summed E-state index contributed by atoms with van der Waals surface area (Å²) in [5.74, 6) is -1.15. The van der Waals surface area contributed by atoms with Crippen molar-refractivity contribution in [2.75, 3.05) is 21.1 Å². The molecule has 0 aliphatic heterocycles. The van der Waals surface area contributed by atoms with Crippen LogP contribution in [0.5, 0.6) is 0 Å². The second-order valence-corrected chi connectivity index (χ2v) is 8.57. The maximum absolute atomic E-state index is 12.7. The Labute approximate surface area is 191 Å². The Morgan fingerprint density at radius 1 is 0.853 bits per heavy atom. The maximum atomic E-state index is 12.7. The third-order valence-electron chi connectivity index (χ3n) is 4.43. The molecule has 2 amide bonds. The number of carbonyl (C=O) groups excluding carboxylic acids is 1. The van der Waals surface area contributed by atoms with Gasteiger partial charge >= 0.3 is 18.2 Å². The highest BCUT2D eigenvalue weighted by atomic mass is 32.2. The molecule has 3 aromatic carbocycles. The number of amides is 2. The fourth-order valence-electron chi connectivity index (χ4n) is 2.75. The largest absolute Gasteiger partial charge is 0.478 e. The molecule has 0 radical (unpaired) electrons. The van der Waals surface area contributed by atoms with Gasteiger partial charge in [0.15, 0.2) is 0 Å². The van der Waals surface area contributed by atoms with E-state index in [1.165, 1.54) is 48.5 Å². The second kappa shape index (κ2) is 9.31. The number of halogens is 3. The Morgan fingerprint density at radius 3 is 1.97 bits per heavy atom. The summed E-state index contributed by atoms with van der Waals surface area (Å²) in [7, 11) is -4.00. The standard InChI is InChI=1S/C21H17F3N4O5S/c22-21(23,24)13-3-10-18(17(25)11-13)27-20(31)26-14-6-8-16(9-7-14)34(32,33)28-15-4-1-12(2-5-15)19(29)30/h1-11,28H,25H2,(H,29,30)(H2,26,27,31). The molecule has 34 heavy (non-hydrogen) atoms. The van der Waals surface area contributed by atoms with Gasteiger partial charge in [-0.1, -0.05) is 0 Å². The monoisotopic (exact) mass is 494 g/mol. The molecule has 0 unspecified atom stereocenters. The van der Waals surface area contributed by atoms with Crippen molar-refractivity contribution in [1.29, 1.82) is 0 Å². The van der Waals surface area contributed by atoms with Crippen molar-refractivity contribution in [1.82, 2.24) is 0 Å². The fourth-order valence-corrected chi connectivity index (χ4v) is 3.81. The lowest BCUT2D eigenvalue weighted by atomic mass is 10.1. The minimum Gasteiger partial charge on any atom is -0.478 e. The molecule has 0 saturated heterocycles. The number of alkyl halides is 3. The van der Waals surface area contributed by atoms with Crippen LogP contribution in [0.1, 0.15) is 15.9 Å². The lowest BCUT2D eigenvalue weighted by Gasteiger charge is -2.13. The van der Waals surface area contributed by atoms with Crippen molar-refractivity contribution in [3.63, 3.8) is 0 Å². The molecule has 0 atom stereocenters. The first-order chi connectivity index (χ1) is 15.8. The molecule has 6 N–H and O–H groups in total. The molecule has 0 aromatic heterocycles. The van der Waals surface area contributed by atoms with Crippen LogP contribution in [0.15, 0.2) is 71.6 Å². The lowest BCUT2D eigenvalue weighted by molar-refractivity contribution is -0.137. The van der Waals surface area contributed by atoms with E-state index in [0.717, 1.165) is 12.1 Å². The molecule has 0 saturated carbocycles. The summed E-state index contributed by atoms with van der Waals surface area (Å²) in [4.78, 5) is 22.9. The van der Waals surface area contributed by atoms with E-state index in [2.05, 4.69) is 15.4 Å². The van der Waals surface area contributed by atoms with E-state index in [1.54, 1.807) is 0 Å². The zero-order chi connectivity index (χ0) is 25.1. The molecule has 178 valence electrons. The molecule has 0 heterocycles. The lowest BCUT2D eigenvalue weighted by Crippen LogP contribution is -2.20. The normalized spacial score (nSPS) is 11.5. The van der Waals surface area contributed by atoms with Crippen LogP contribution in [0, 0.1) is 0 Å². The number of sulfonamides is 1. The number of nitrogens with two attached hydrogens (primary N) is 1. The van der Waals surface area contributed by atoms with Gasteiger partial charge < -0.3 is 21.5 Å². The number of hydrogen-bond acceptors (Lipinski definition) is 5. The van der Waals surface area contributed by atoms with Crippen molar-refractivity contribution in [3.05, 3.63) is 77.9 Å². The number of rotatable bonds is 6. The molecule has 0 spiro atoms. The number of hydrogen-bond donors (Lipinski definition) is 5. The molecule has 13 heteroatoms. The van der Waals surface area contributed by atoms with Crippen LogP contribution in [0.3, 0.4) is 0 Å². The highest BCUT2D eigenvalue weighted by molar-refractivity contribution is 7.92. The quantitative estimate of drug-likeness (QED) is 0.320. The Hall–Kier alpha value is -4.26. The van der Waals surface area contributed by atoms with Crippen LogP contribution in [0.25, 0.3) is 0 Å². The van der Waals surface area contributed by atoms with Gasteiger partial charge in [0.05, 0.1) is 27.4 Å². The molecule has 3 rings (SSSR count). The summed E-state index contributed by atoms with van der Waals surface area (Å²) in [5.41, 5.74) is 4.64. The third-order valence-corrected chi connectivity index (χ3v) is 5.83. The Kier molecular flexibility index (Phi) is 6.68. The van der Waals surface area contributed by atoms with E-state index in [-0.39, 0.29) is 33.2 Å². The van der Waals surface area contributed by atoms with Gasteiger partial charge in [-0.3, -0.25) is 4.72 Å². The predicted molar refractivity (Wildman–Crippen MR) is 119 cm³/mol. The average molecular weight is 494 g/mol. The van der Waals surface area contributed by atoms with Gasteiger partial charge in [-0.15, -0.1) is 0 Å². The predicted octanol–water partition coefficient (Wildman–Crippen LogP) is 4.43. The Bertz CT molecular complexity index is 1330. The van der Waals surface area contributed by atoms with Gasteiger partial charge in [-0.2, -0.15) is 13.2 Å². The molecule has 3 aromatic rings. The summed E-state index contributed by atoms with van der Waals surface area (Å²) in [5, 5.41) is 13.6. The van der Waals surface area contributed by atoms with Crippen LogP contribution in [0.4, 0.5) is 40.7 Å². The van der Waals surface area contributed by atoms with E-state index in [1.807, 2.05) is 0 Å². The van der Waals surface area contributed by atoms with Crippen molar-refractivity contribution >= 4 is 44.8 Å². The van der Waals surface area contributed by atoms with Gasteiger partial charge in [0, 0.05) is 11.4 Å². The van der Waals surface area contributed by atoms with Crippen molar-refractivity contribution in [2.24, 2.45) is 0 Å². The van der Waals surface area contributed by atoms with Gasteiger partial charge in [0.1, 0.15) is 0 Å². The zero-order valence-electron chi connectivity index (χ0n) is 17.1. The molecule has 0 fully saturated rings. The van der Waals surface area contributed by atoms with Gasteiger partial charge in [0.2, 0.25) is 0 Å². The SMILES string of the molecule is Nc1cc(C(F)(F)F)ccc1NC(=O)Nc1ccc(S(=O)(=O)Nc2ccc(C(=O)O)cc2)cc1. The molecular weight excluding hydrogens is 477 g/mol. The van der Waals surface area contributed by atoms with Crippen molar-refractivity contribution in [3.8, 4) is 0 Å². The van der Waals surface area contributed by atoms with Crippen LogP contribution < -0.4 is 21.1 Å². The number of aromatic carboxylic acids is 1. The molecular formula is C21H17F3N4O5S. The van der Waals surface area contributed by atoms with Crippen LogP contribution >= 0.6 is 0 Å². The summed E-state index contributed by atoms with van der Waals surface area (Å²) in [6.07, 6.45) is -4.58. The average Bonchev–Trinajstić information content (AvgIpc) is 2.75. The number of nitrogen functional groups attached to an aromatic ring is 1. The number of nitrogens with one attached hydrogen (secondary N) is 3. The zero-order valence-corrected chi connectivity index (χ0v) is 17.9.